The number of carboxylic acid groups (broad SMARTS) is 1. The third kappa shape index (κ3) is 4.78. The van der Waals surface area contributed by atoms with Crippen molar-refractivity contribution in [2.45, 2.75) is 38.9 Å². The van der Waals surface area contributed by atoms with E-state index in [1.54, 1.807) is 0 Å². The van der Waals surface area contributed by atoms with Crippen LogP contribution < -0.4 is 0 Å². The van der Waals surface area contributed by atoms with Gasteiger partial charge in [0.1, 0.15) is 11.5 Å². The molecule has 26 heavy (non-hydrogen) atoms. The number of nitrogens with zero attached hydrogens (tertiary/aromatic N) is 2. The van der Waals surface area contributed by atoms with Gasteiger partial charge in [-0.3, -0.25) is 9.69 Å². The van der Waals surface area contributed by atoms with Crippen LogP contribution in [-0.2, 0) is 16.1 Å². The average molecular weight is 376 g/mol. The number of hydrogen-bond acceptors (Lipinski definition) is 4. The quantitative estimate of drug-likeness (QED) is 0.859. The first kappa shape index (κ1) is 20.3. The molecule has 2 aliphatic rings. The molecule has 2 fully saturated rings. The molecule has 0 bridgehead atoms. The van der Waals surface area contributed by atoms with E-state index < -0.39 is 12.1 Å². The van der Waals surface area contributed by atoms with E-state index in [2.05, 4.69) is 4.90 Å². The maximum atomic E-state index is 12.2. The van der Waals surface area contributed by atoms with Crippen molar-refractivity contribution in [1.82, 2.24) is 9.80 Å². The Balaban J connectivity index is 0.000000298. The van der Waals surface area contributed by atoms with Gasteiger partial charge in [-0.15, -0.1) is 0 Å². The molecule has 3 rings (SSSR count). The molecule has 0 atom stereocenters. The number of hydrogen-bond donors (Lipinski definition) is 1. The van der Waals surface area contributed by atoms with Crippen molar-refractivity contribution in [3.8, 4) is 0 Å². The van der Waals surface area contributed by atoms with Gasteiger partial charge < -0.3 is 14.4 Å². The smallest absolute Gasteiger partial charge is 0.475 e. The Bertz CT molecular complexity index is 649. The number of rotatable bonds is 2. The van der Waals surface area contributed by atoms with Crippen LogP contribution in [0, 0.1) is 12.3 Å². The van der Waals surface area contributed by atoms with E-state index >= 15 is 0 Å². The van der Waals surface area contributed by atoms with Gasteiger partial charge >= 0.3 is 12.1 Å². The summed E-state index contributed by atoms with van der Waals surface area (Å²) in [6.07, 6.45) is -2.05. The number of amides is 1. The zero-order valence-corrected chi connectivity index (χ0v) is 14.8. The lowest BCUT2D eigenvalue weighted by molar-refractivity contribution is -0.192. The number of furan rings is 1. The zero-order chi connectivity index (χ0) is 19.5. The van der Waals surface area contributed by atoms with E-state index in [1.807, 2.05) is 31.0 Å². The summed E-state index contributed by atoms with van der Waals surface area (Å²) in [5, 5.41) is 7.12. The summed E-state index contributed by atoms with van der Waals surface area (Å²) in [5.41, 5.74) is -0.0513. The number of alkyl halides is 3. The molecule has 9 heteroatoms. The first-order valence-corrected chi connectivity index (χ1v) is 8.37. The second-order valence-corrected chi connectivity index (χ2v) is 6.85. The minimum Gasteiger partial charge on any atom is -0.475 e. The summed E-state index contributed by atoms with van der Waals surface area (Å²) < 4.78 is 37.4. The molecule has 3 heterocycles. The van der Waals surface area contributed by atoms with Crippen molar-refractivity contribution < 1.29 is 32.3 Å². The summed E-state index contributed by atoms with van der Waals surface area (Å²) in [4.78, 5) is 25.4. The molecule has 6 nitrogen and oxygen atoms in total. The molecule has 2 aliphatic heterocycles. The normalized spacial score (nSPS) is 20.2. The van der Waals surface area contributed by atoms with Crippen LogP contribution in [0.25, 0.3) is 0 Å². The monoisotopic (exact) mass is 376 g/mol. The molecule has 0 unspecified atom stereocenters. The minimum absolute atomic E-state index is 0.0513. The second kappa shape index (κ2) is 7.69. The second-order valence-electron chi connectivity index (χ2n) is 6.85. The molecular formula is C17H23F3N2O4. The SMILES string of the molecule is Cc1ccc(CN2CCC3(CC2)CCN(C)C3=O)o1.O=C(O)C(F)(F)F. The molecular weight excluding hydrogens is 353 g/mol. The molecule has 146 valence electrons. The number of carbonyl (C=O) groups is 2. The lowest BCUT2D eigenvalue weighted by Gasteiger charge is -2.37. The van der Waals surface area contributed by atoms with Gasteiger partial charge in [0.15, 0.2) is 0 Å². The van der Waals surface area contributed by atoms with Gasteiger partial charge in [0.2, 0.25) is 5.91 Å². The minimum atomic E-state index is -5.08. The molecule has 1 aromatic heterocycles. The van der Waals surface area contributed by atoms with E-state index in [9.17, 15) is 18.0 Å². The highest BCUT2D eigenvalue weighted by Crippen LogP contribution is 2.41. The number of carboxylic acids is 1. The van der Waals surface area contributed by atoms with Crippen molar-refractivity contribution in [3.05, 3.63) is 23.7 Å². The van der Waals surface area contributed by atoms with Crippen LogP contribution >= 0.6 is 0 Å². The molecule has 2 saturated heterocycles. The maximum absolute atomic E-state index is 12.2. The highest BCUT2D eigenvalue weighted by atomic mass is 19.4. The fraction of sp³-hybridized carbons (Fsp3) is 0.647. The van der Waals surface area contributed by atoms with E-state index in [4.69, 9.17) is 14.3 Å². The van der Waals surface area contributed by atoms with Crippen LogP contribution in [-0.4, -0.2) is 59.6 Å². The molecule has 0 aliphatic carbocycles. The zero-order valence-electron chi connectivity index (χ0n) is 14.8. The molecule has 0 radical (unpaired) electrons. The Morgan fingerprint density at radius 2 is 1.77 bits per heavy atom. The first-order chi connectivity index (χ1) is 12.0. The van der Waals surface area contributed by atoms with E-state index in [0.717, 1.165) is 57.0 Å². The molecule has 1 spiro atoms. The number of halogens is 3. The van der Waals surface area contributed by atoms with Gasteiger partial charge in [-0.1, -0.05) is 0 Å². The van der Waals surface area contributed by atoms with Gasteiger partial charge in [0, 0.05) is 13.6 Å². The van der Waals surface area contributed by atoms with E-state index in [-0.39, 0.29) is 5.41 Å². The van der Waals surface area contributed by atoms with Crippen LogP contribution in [0.4, 0.5) is 13.2 Å². The fourth-order valence-corrected chi connectivity index (χ4v) is 3.39. The summed E-state index contributed by atoms with van der Waals surface area (Å²) in [6, 6.07) is 4.06. The number of piperidine rings is 1. The Labute approximate surface area is 149 Å². The Hall–Kier alpha value is -2.03. The number of aryl methyl sites for hydroxylation is 1. The van der Waals surface area contributed by atoms with Crippen LogP contribution in [0.15, 0.2) is 16.5 Å². The van der Waals surface area contributed by atoms with Gasteiger partial charge in [0.25, 0.3) is 0 Å². The highest BCUT2D eigenvalue weighted by Gasteiger charge is 2.46. The van der Waals surface area contributed by atoms with Crippen molar-refractivity contribution in [1.29, 1.82) is 0 Å². The number of aliphatic carboxylic acids is 1. The molecule has 1 aromatic rings. The van der Waals surface area contributed by atoms with Gasteiger partial charge in [-0.05, 0) is 51.4 Å². The number of likely N-dealkylation sites (tertiary alicyclic amines) is 2. The average Bonchev–Trinajstić information content (AvgIpc) is 3.08. The fourth-order valence-electron chi connectivity index (χ4n) is 3.39. The molecule has 0 saturated carbocycles. The summed E-state index contributed by atoms with van der Waals surface area (Å²) in [6.45, 7) is 5.77. The van der Waals surface area contributed by atoms with Gasteiger partial charge in [-0.2, -0.15) is 13.2 Å². The van der Waals surface area contributed by atoms with E-state index in [1.165, 1.54) is 0 Å². The third-order valence-corrected chi connectivity index (χ3v) is 4.96. The summed E-state index contributed by atoms with van der Waals surface area (Å²) >= 11 is 0. The van der Waals surface area contributed by atoms with E-state index in [0.29, 0.717) is 5.91 Å². The van der Waals surface area contributed by atoms with Crippen molar-refractivity contribution in [3.63, 3.8) is 0 Å². The van der Waals surface area contributed by atoms with Crippen LogP contribution in [0.2, 0.25) is 0 Å². The maximum Gasteiger partial charge on any atom is 0.490 e. The Morgan fingerprint density at radius 1 is 1.23 bits per heavy atom. The predicted molar refractivity (Wildman–Crippen MR) is 86.3 cm³/mol. The summed E-state index contributed by atoms with van der Waals surface area (Å²) in [7, 11) is 1.93. The molecule has 1 N–H and O–H groups in total. The largest absolute Gasteiger partial charge is 0.490 e. The number of carbonyl (C=O) groups excluding carboxylic acids is 1. The van der Waals surface area contributed by atoms with Crippen molar-refractivity contribution >= 4 is 11.9 Å². The third-order valence-electron chi connectivity index (χ3n) is 4.96. The van der Waals surface area contributed by atoms with Gasteiger partial charge in [-0.25, -0.2) is 4.79 Å². The van der Waals surface area contributed by atoms with Crippen LogP contribution in [0.5, 0.6) is 0 Å². The van der Waals surface area contributed by atoms with Crippen LogP contribution in [0.3, 0.4) is 0 Å². The van der Waals surface area contributed by atoms with Crippen molar-refractivity contribution in [2.75, 3.05) is 26.7 Å². The Morgan fingerprint density at radius 3 is 2.15 bits per heavy atom. The van der Waals surface area contributed by atoms with Crippen molar-refractivity contribution in [2.24, 2.45) is 5.41 Å². The standard InChI is InChI=1S/C15H22N2O2.C2HF3O2/c1-12-3-4-13(19-12)11-17-9-6-15(7-10-17)5-8-16(2)14(15)18;3-2(4,5)1(6)7/h3-4H,5-11H2,1-2H3;(H,6,7). The van der Waals surface area contributed by atoms with Crippen LogP contribution in [0.1, 0.15) is 30.8 Å². The lowest BCUT2D eigenvalue weighted by atomic mass is 9.77. The summed E-state index contributed by atoms with van der Waals surface area (Å²) in [5.74, 6) is -0.395. The first-order valence-electron chi connectivity index (χ1n) is 8.37. The molecule has 1 amide bonds. The highest BCUT2D eigenvalue weighted by molar-refractivity contribution is 5.84. The van der Waals surface area contributed by atoms with Gasteiger partial charge in [0.05, 0.1) is 12.0 Å². The predicted octanol–water partition coefficient (Wildman–Crippen LogP) is 2.67. The molecule has 0 aromatic carbocycles. The lowest BCUT2D eigenvalue weighted by Crippen LogP contribution is -2.43. The Kier molecular flexibility index (Phi) is 6.00. The topological polar surface area (TPSA) is 74.0 Å².